The summed E-state index contributed by atoms with van der Waals surface area (Å²) in [6.07, 6.45) is 5.80. The minimum absolute atomic E-state index is 0.184. The van der Waals surface area contributed by atoms with Crippen LogP contribution in [-0.4, -0.2) is 13.2 Å². The summed E-state index contributed by atoms with van der Waals surface area (Å²) < 4.78 is 5.34. The van der Waals surface area contributed by atoms with Gasteiger partial charge in [0.15, 0.2) is 0 Å². The zero-order valence-corrected chi connectivity index (χ0v) is 8.89. The zero-order valence-electron chi connectivity index (χ0n) is 8.89. The van der Waals surface area contributed by atoms with Crippen molar-refractivity contribution >= 4 is 0 Å². The van der Waals surface area contributed by atoms with Crippen molar-refractivity contribution in [1.29, 1.82) is 0 Å². The van der Waals surface area contributed by atoms with Gasteiger partial charge in [0.1, 0.15) is 0 Å². The van der Waals surface area contributed by atoms with Gasteiger partial charge in [0.05, 0.1) is 6.10 Å². The summed E-state index contributed by atoms with van der Waals surface area (Å²) in [6.45, 7) is 10.5. The molecule has 1 atom stereocenters. The molecule has 0 bridgehead atoms. The van der Waals surface area contributed by atoms with E-state index in [0.717, 1.165) is 0 Å². The quantitative estimate of drug-likeness (QED) is 0.555. The van der Waals surface area contributed by atoms with Crippen LogP contribution in [0.2, 0.25) is 0 Å². The summed E-state index contributed by atoms with van der Waals surface area (Å²) in [5, 5.41) is 0. The van der Waals surface area contributed by atoms with Crippen molar-refractivity contribution in [1.82, 2.24) is 0 Å². The van der Waals surface area contributed by atoms with Crippen molar-refractivity contribution in [2.45, 2.75) is 46.1 Å². The molecule has 0 heterocycles. The van der Waals surface area contributed by atoms with E-state index in [1.165, 1.54) is 19.3 Å². The normalized spacial score (nSPS) is 14.3. The maximum Gasteiger partial charge on any atom is 0.0800 e. The molecule has 0 aliphatic rings. The van der Waals surface area contributed by atoms with Gasteiger partial charge in [-0.1, -0.05) is 39.7 Å². The van der Waals surface area contributed by atoms with E-state index in [4.69, 9.17) is 4.74 Å². The first kappa shape index (κ1) is 11.7. The standard InChI is InChI=1S/C11H22O/c1-6-8-9-11(3,4)10(7-2)12-5/h7,10H,2,6,8-9H2,1,3-5H3. The fraction of sp³-hybridized carbons (Fsp3) is 0.818. The Bertz CT molecular complexity index is 127. The molecule has 1 unspecified atom stereocenters. The molecular weight excluding hydrogens is 148 g/mol. The highest BCUT2D eigenvalue weighted by molar-refractivity contribution is 4.91. The fourth-order valence-electron chi connectivity index (χ4n) is 1.51. The van der Waals surface area contributed by atoms with Gasteiger partial charge in [0, 0.05) is 7.11 Å². The van der Waals surface area contributed by atoms with Crippen LogP contribution in [0.25, 0.3) is 0 Å². The molecule has 0 aliphatic heterocycles. The van der Waals surface area contributed by atoms with Crippen LogP contribution in [-0.2, 0) is 4.74 Å². The molecule has 0 aromatic carbocycles. The largest absolute Gasteiger partial charge is 0.377 e. The maximum atomic E-state index is 5.34. The fourth-order valence-corrected chi connectivity index (χ4v) is 1.51. The molecule has 0 amide bonds. The second kappa shape index (κ2) is 5.36. The van der Waals surface area contributed by atoms with Crippen LogP contribution in [0.4, 0.5) is 0 Å². The van der Waals surface area contributed by atoms with Crippen molar-refractivity contribution < 1.29 is 4.74 Å². The number of unbranched alkanes of at least 4 members (excludes halogenated alkanes) is 1. The first-order valence-electron chi connectivity index (χ1n) is 4.73. The van der Waals surface area contributed by atoms with Crippen LogP contribution in [0, 0.1) is 5.41 Å². The molecule has 0 fully saturated rings. The van der Waals surface area contributed by atoms with Crippen LogP contribution >= 0.6 is 0 Å². The van der Waals surface area contributed by atoms with Crippen LogP contribution in [0.1, 0.15) is 40.0 Å². The van der Waals surface area contributed by atoms with Gasteiger partial charge in [0.25, 0.3) is 0 Å². The van der Waals surface area contributed by atoms with Gasteiger partial charge in [-0.15, -0.1) is 6.58 Å². The lowest BCUT2D eigenvalue weighted by atomic mass is 9.81. The Kier molecular flexibility index (Phi) is 5.23. The van der Waals surface area contributed by atoms with E-state index in [-0.39, 0.29) is 11.5 Å². The number of hydrogen-bond acceptors (Lipinski definition) is 1. The molecule has 0 saturated heterocycles. The van der Waals surface area contributed by atoms with Crippen LogP contribution < -0.4 is 0 Å². The Morgan fingerprint density at radius 1 is 1.50 bits per heavy atom. The number of hydrogen-bond donors (Lipinski definition) is 0. The molecule has 0 saturated carbocycles. The van der Waals surface area contributed by atoms with E-state index in [1.807, 2.05) is 6.08 Å². The first-order valence-corrected chi connectivity index (χ1v) is 4.73. The van der Waals surface area contributed by atoms with Crippen molar-refractivity contribution in [3.63, 3.8) is 0 Å². The van der Waals surface area contributed by atoms with E-state index < -0.39 is 0 Å². The summed E-state index contributed by atoms with van der Waals surface area (Å²) in [4.78, 5) is 0. The van der Waals surface area contributed by atoms with Crippen LogP contribution in [0.15, 0.2) is 12.7 Å². The minimum Gasteiger partial charge on any atom is -0.377 e. The number of ether oxygens (including phenoxy) is 1. The highest BCUT2D eigenvalue weighted by Crippen LogP contribution is 2.29. The molecule has 0 aliphatic carbocycles. The first-order chi connectivity index (χ1) is 5.58. The van der Waals surface area contributed by atoms with Gasteiger partial charge in [-0.25, -0.2) is 0 Å². The molecule has 0 rings (SSSR count). The summed E-state index contributed by atoms with van der Waals surface area (Å²) >= 11 is 0. The molecule has 1 heteroatoms. The van der Waals surface area contributed by atoms with E-state index >= 15 is 0 Å². The van der Waals surface area contributed by atoms with Crippen LogP contribution in [0.5, 0.6) is 0 Å². The van der Waals surface area contributed by atoms with E-state index in [0.29, 0.717) is 0 Å². The highest BCUT2D eigenvalue weighted by Gasteiger charge is 2.26. The number of rotatable bonds is 6. The molecule has 12 heavy (non-hydrogen) atoms. The maximum absolute atomic E-state index is 5.34. The lowest BCUT2D eigenvalue weighted by Crippen LogP contribution is -2.29. The second-order valence-electron chi connectivity index (χ2n) is 3.98. The average Bonchev–Trinajstić information content (AvgIpc) is 2.03. The Morgan fingerprint density at radius 3 is 2.42 bits per heavy atom. The third kappa shape index (κ3) is 3.40. The summed E-state index contributed by atoms with van der Waals surface area (Å²) in [5.74, 6) is 0. The second-order valence-corrected chi connectivity index (χ2v) is 3.98. The molecule has 72 valence electrons. The lowest BCUT2D eigenvalue weighted by Gasteiger charge is -2.31. The highest BCUT2D eigenvalue weighted by atomic mass is 16.5. The Balaban J connectivity index is 4.04. The van der Waals surface area contributed by atoms with Gasteiger partial charge in [-0.05, 0) is 11.8 Å². The monoisotopic (exact) mass is 170 g/mol. The molecular formula is C11H22O. The third-order valence-corrected chi connectivity index (χ3v) is 2.41. The molecule has 0 aromatic heterocycles. The zero-order chi connectivity index (χ0) is 9.61. The van der Waals surface area contributed by atoms with Gasteiger partial charge in [-0.3, -0.25) is 0 Å². The van der Waals surface area contributed by atoms with Crippen LogP contribution in [0.3, 0.4) is 0 Å². The van der Waals surface area contributed by atoms with E-state index in [1.54, 1.807) is 7.11 Å². The lowest BCUT2D eigenvalue weighted by molar-refractivity contribution is 0.0365. The Hall–Kier alpha value is -0.300. The molecule has 0 spiro atoms. The summed E-state index contributed by atoms with van der Waals surface area (Å²) in [5.41, 5.74) is 0.229. The smallest absolute Gasteiger partial charge is 0.0800 e. The average molecular weight is 170 g/mol. The Labute approximate surface area is 76.8 Å². The summed E-state index contributed by atoms with van der Waals surface area (Å²) in [7, 11) is 1.75. The predicted molar refractivity (Wildman–Crippen MR) is 54.3 cm³/mol. The van der Waals surface area contributed by atoms with Crippen molar-refractivity contribution in [3.8, 4) is 0 Å². The van der Waals surface area contributed by atoms with Gasteiger partial charge < -0.3 is 4.74 Å². The SMILES string of the molecule is C=CC(OC)C(C)(C)CCCC. The summed E-state index contributed by atoms with van der Waals surface area (Å²) in [6, 6.07) is 0. The topological polar surface area (TPSA) is 9.23 Å². The number of methoxy groups -OCH3 is 1. The predicted octanol–water partition coefficient (Wildman–Crippen LogP) is 3.40. The van der Waals surface area contributed by atoms with Crippen molar-refractivity contribution in [2.75, 3.05) is 7.11 Å². The van der Waals surface area contributed by atoms with Gasteiger partial charge in [-0.2, -0.15) is 0 Å². The molecule has 0 N–H and O–H groups in total. The van der Waals surface area contributed by atoms with E-state index in [2.05, 4.69) is 27.4 Å². The third-order valence-electron chi connectivity index (χ3n) is 2.41. The van der Waals surface area contributed by atoms with Gasteiger partial charge in [0.2, 0.25) is 0 Å². The van der Waals surface area contributed by atoms with Gasteiger partial charge >= 0.3 is 0 Å². The van der Waals surface area contributed by atoms with E-state index in [9.17, 15) is 0 Å². The molecule has 1 nitrogen and oxygen atoms in total. The Morgan fingerprint density at radius 2 is 2.08 bits per heavy atom. The molecule has 0 radical (unpaired) electrons. The minimum atomic E-state index is 0.184. The molecule has 0 aromatic rings. The van der Waals surface area contributed by atoms with Crippen molar-refractivity contribution in [2.24, 2.45) is 5.41 Å². The van der Waals surface area contributed by atoms with Crippen molar-refractivity contribution in [3.05, 3.63) is 12.7 Å².